The van der Waals surface area contributed by atoms with Crippen LogP contribution in [0.4, 0.5) is 5.82 Å². The summed E-state index contributed by atoms with van der Waals surface area (Å²) >= 11 is 1.75. The molecule has 5 heteroatoms. The summed E-state index contributed by atoms with van der Waals surface area (Å²) in [6.07, 6.45) is 4.01. The van der Waals surface area contributed by atoms with Crippen LogP contribution in [0.3, 0.4) is 0 Å². The molecule has 0 aromatic carbocycles. The molecular formula is C13H16N4S. The highest BCUT2D eigenvalue weighted by molar-refractivity contribution is 7.09. The predicted molar refractivity (Wildman–Crippen MR) is 72.9 cm³/mol. The fraction of sp³-hybridized carbons (Fsp3) is 0.462. The van der Waals surface area contributed by atoms with Crippen molar-refractivity contribution in [3.8, 4) is 0 Å². The van der Waals surface area contributed by atoms with Gasteiger partial charge in [0.25, 0.3) is 0 Å². The molecule has 2 aromatic rings. The summed E-state index contributed by atoms with van der Waals surface area (Å²) in [7, 11) is 0. The summed E-state index contributed by atoms with van der Waals surface area (Å²) < 4.78 is 0. The third-order valence-electron chi connectivity index (χ3n) is 3.26. The van der Waals surface area contributed by atoms with E-state index in [-0.39, 0.29) is 0 Å². The Hall–Kier alpha value is -1.49. The van der Waals surface area contributed by atoms with Gasteiger partial charge in [0.1, 0.15) is 17.2 Å². The lowest BCUT2D eigenvalue weighted by Crippen LogP contribution is -2.23. The zero-order chi connectivity index (χ0) is 12.5. The topological polar surface area (TPSA) is 41.9 Å². The second-order valence-electron chi connectivity index (χ2n) is 4.70. The Morgan fingerprint density at radius 2 is 2.17 bits per heavy atom. The lowest BCUT2D eigenvalue weighted by molar-refractivity contribution is 0.702. The minimum absolute atomic E-state index is 0.387. The summed E-state index contributed by atoms with van der Waals surface area (Å²) in [5.41, 5.74) is 2.13. The van der Waals surface area contributed by atoms with Crippen LogP contribution in [0.1, 0.15) is 35.3 Å². The highest BCUT2D eigenvalue weighted by atomic mass is 32.1. The molecule has 1 aliphatic heterocycles. The molecule has 0 unspecified atom stereocenters. The largest absolute Gasteiger partial charge is 0.347 e. The average Bonchev–Trinajstić information content (AvgIpc) is 2.96. The van der Waals surface area contributed by atoms with Gasteiger partial charge in [-0.05, 0) is 26.7 Å². The summed E-state index contributed by atoms with van der Waals surface area (Å²) in [5, 5.41) is 3.33. The molecule has 4 nitrogen and oxygen atoms in total. The minimum Gasteiger partial charge on any atom is -0.347 e. The fourth-order valence-corrected chi connectivity index (χ4v) is 3.36. The number of thiazole rings is 1. The number of rotatable bonds is 2. The van der Waals surface area contributed by atoms with E-state index >= 15 is 0 Å². The van der Waals surface area contributed by atoms with Gasteiger partial charge in [-0.25, -0.2) is 15.0 Å². The summed E-state index contributed by atoms with van der Waals surface area (Å²) in [6.45, 7) is 5.11. The van der Waals surface area contributed by atoms with Crippen molar-refractivity contribution in [3.63, 3.8) is 0 Å². The van der Waals surface area contributed by atoms with Crippen molar-refractivity contribution in [1.29, 1.82) is 0 Å². The van der Waals surface area contributed by atoms with Crippen molar-refractivity contribution in [3.05, 3.63) is 34.2 Å². The van der Waals surface area contributed by atoms with Gasteiger partial charge in [0.05, 0.1) is 6.04 Å². The van der Waals surface area contributed by atoms with Gasteiger partial charge in [-0.3, -0.25) is 0 Å². The third-order valence-corrected chi connectivity index (χ3v) is 4.32. The first kappa shape index (κ1) is 11.6. The van der Waals surface area contributed by atoms with E-state index in [0.29, 0.717) is 6.04 Å². The normalized spacial score (nSPS) is 19.4. The van der Waals surface area contributed by atoms with E-state index in [0.717, 1.165) is 30.2 Å². The van der Waals surface area contributed by atoms with Gasteiger partial charge >= 0.3 is 0 Å². The average molecular weight is 260 g/mol. The molecule has 1 aliphatic rings. The van der Waals surface area contributed by atoms with Crippen LogP contribution >= 0.6 is 11.3 Å². The van der Waals surface area contributed by atoms with Crippen LogP contribution in [0, 0.1) is 13.8 Å². The van der Waals surface area contributed by atoms with Gasteiger partial charge in [-0.2, -0.15) is 0 Å². The van der Waals surface area contributed by atoms with Crippen LogP contribution in [-0.2, 0) is 0 Å². The van der Waals surface area contributed by atoms with Crippen molar-refractivity contribution >= 4 is 17.2 Å². The minimum atomic E-state index is 0.387. The molecule has 2 aromatic heterocycles. The molecule has 1 fully saturated rings. The SMILES string of the molecule is Cc1cc(N2CCC[C@@H]2c2nc(C)cs2)ncn1. The first-order chi connectivity index (χ1) is 8.74. The molecule has 0 radical (unpaired) electrons. The number of anilines is 1. The van der Waals surface area contributed by atoms with Gasteiger partial charge < -0.3 is 4.90 Å². The smallest absolute Gasteiger partial charge is 0.132 e. The Bertz CT molecular complexity index is 551. The van der Waals surface area contributed by atoms with Gasteiger partial charge in [0.15, 0.2) is 0 Å². The maximum atomic E-state index is 4.62. The van der Waals surface area contributed by atoms with Gasteiger partial charge in [-0.1, -0.05) is 0 Å². The molecule has 94 valence electrons. The van der Waals surface area contributed by atoms with Crippen molar-refractivity contribution in [2.75, 3.05) is 11.4 Å². The standard InChI is InChI=1S/C13H16N4S/c1-9-6-12(15-8-14-9)17-5-3-4-11(17)13-16-10(2)7-18-13/h6-8,11H,3-5H2,1-2H3/t11-/m1/s1. The molecule has 1 atom stereocenters. The molecule has 0 saturated carbocycles. The lowest BCUT2D eigenvalue weighted by Gasteiger charge is -2.24. The molecule has 0 bridgehead atoms. The van der Waals surface area contributed by atoms with Crippen molar-refractivity contribution < 1.29 is 0 Å². The van der Waals surface area contributed by atoms with E-state index in [2.05, 4.69) is 31.3 Å². The maximum Gasteiger partial charge on any atom is 0.132 e. The number of nitrogens with zero attached hydrogens (tertiary/aromatic N) is 4. The van der Waals surface area contributed by atoms with Crippen molar-refractivity contribution in [2.45, 2.75) is 32.7 Å². The Morgan fingerprint density at radius 1 is 1.28 bits per heavy atom. The molecule has 1 saturated heterocycles. The van der Waals surface area contributed by atoms with Crippen LogP contribution in [0.2, 0.25) is 0 Å². The monoisotopic (exact) mass is 260 g/mol. The molecule has 0 aliphatic carbocycles. The van der Waals surface area contributed by atoms with Gasteiger partial charge in [0.2, 0.25) is 0 Å². The molecule has 0 spiro atoms. The molecular weight excluding hydrogens is 244 g/mol. The fourth-order valence-electron chi connectivity index (χ4n) is 2.42. The summed E-state index contributed by atoms with van der Waals surface area (Å²) in [6, 6.07) is 2.44. The van der Waals surface area contributed by atoms with E-state index in [1.807, 2.05) is 13.8 Å². The van der Waals surface area contributed by atoms with E-state index in [1.54, 1.807) is 17.7 Å². The van der Waals surface area contributed by atoms with E-state index in [4.69, 9.17) is 0 Å². The first-order valence-electron chi connectivity index (χ1n) is 6.21. The lowest BCUT2D eigenvalue weighted by atomic mass is 10.2. The Kier molecular flexibility index (Phi) is 2.99. The van der Waals surface area contributed by atoms with Crippen LogP contribution < -0.4 is 4.90 Å². The number of hydrogen-bond donors (Lipinski definition) is 0. The van der Waals surface area contributed by atoms with Gasteiger partial charge in [-0.15, -0.1) is 11.3 Å². The Morgan fingerprint density at radius 3 is 2.89 bits per heavy atom. The molecule has 0 N–H and O–H groups in total. The molecule has 3 heterocycles. The van der Waals surface area contributed by atoms with Crippen LogP contribution in [0.25, 0.3) is 0 Å². The quantitative estimate of drug-likeness (QED) is 0.832. The molecule has 18 heavy (non-hydrogen) atoms. The highest BCUT2D eigenvalue weighted by Gasteiger charge is 2.29. The predicted octanol–water partition coefficient (Wildman–Crippen LogP) is 2.89. The van der Waals surface area contributed by atoms with Crippen molar-refractivity contribution in [2.24, 2.45) is 0 Å². The number of aromatic nitrogens is 3. The first-order valence-corrected chi connectivity index (χ1v) is 7.09. The second-order valence-corrected chi connectivity index (χ2v) is 5.59. The highest BCUT2D eigenvalue weighted by Crippen LogP contribution is 2.36. The summed E-state index contributed by atoms with van der Waals surface area (Å²) in [4.78, 5) is 15.5. The van der Waals surface area contributed by atoms with Crippen LogP contribution in [0.5, 0.6) is 0 Å². The second kappa shape index (κ2) is 4.65. The number of hydrogen-bond acceptors (Lipinski definition) is 5. The zero-order valence-corrected chi connectivity index (χ0v) is 11.4. The molecule has 3 rings (SSSR count). The summed E-state index contributed by atoms with van der Waals surface area (Å²) in [5.74, 6) is 1.03. The van der Waals surface area contributed by atoms with Crippen LogP contribution in [0.15, 0.2) is 17.8 Å². The van der Waals surface area contributed by atoms with E-state index < -0.39 is 0 Å². The van der Waals surface area contributed by atoms with Crippen molar-refractivity contribution in [1.82, 2.24) is 15.0 Å². The van der Waals surface area contributed by atoms with E-state index in [1.165, 1.54) is 11.4 Å². The third kappa shape index (κ3) is 2.10. The zero-order valence-electron chi connectivity index (χ0n) is 10.6. The number of aryl methyl sites for hydroxylation is 2. The molecule has 0 amide bonds. The van der Waals surface area contributed by atoms with Gasteiger partial charge in [0, 0.05) is 29.4 Å². The Labute approximate surface area is 111 Å². The van der Waals surface area contributed by atoms with E-state index in [9.17, 15) is 0 Å². The maximum absolute atomic E-state index is 4.62. The Balaban J connectivity index is 1.92. The van der Waals surface area contributed by atoms with Crippen LogP contribution in [-0.4, -0.2) is 21.5 Å².